The van der Waals surface area contributed by atoms with E-state index >= 15 is 0 Å². The van der Waals surface area contributed by atoms with Crippen LogP contribution in [0.15, 0.2) is 48.7 Å². The van der Waals surface area contributed by atoms with Gasteiger partial charge in [-0.2, -0.15) is 13.2 Å². The van der Waals surface area contributed by atoms with E-state index in [-0.39, 0.29) is 0 Å². The third-order valence-electron chi connectivity index (χ3n) is 2.89. The number of rotatable bonds is 1. The maximum atomic E-state index is 12.8. The van der Waals surface area contributed by atoms with E-state index in [1.165, 1.54) is 6.07 Å². The van der Waals surface area contributed by atoms with Gasteiger partial charge in [-0.25, -0.2) is 4.98 Å². The van der Waals surface area contributed by atoms with Gasteiger partial charge in [0.2, 0.25) is 0 Å². The van der Waals surface area contributed by atoms with Crippen molar-refractivity contribution >= 4 is 11.0 Å². The number of nitrogens with one attached hydrogen (secondary N) is 1. The molecule has 0 aliphatic carbocycles. The zero-order chi connectivity index (χ0) is 13.5. The quantitative estimate of drug-likeness (QED) is 0.697. The van der Waals surface area contributed by atoms with Gasteiger partial charge in [-0.05, 0) is 17.7 Å². The topological polar surface area (TPSA) is 28.7 Å². The molecule has 0 amide bonds. The fraction of sp³-hybridized carbons (Fsp3) is 0.0714. The molecule has 1 N–H and O–H groups in total. The number of hydrogen-bond acceptors (Lipinski definition) is 1. The molecule has 19 heavy (non-hydrogen) atoms. The van der Waals surface area contributed by atoms with E-state index in [9.17, 15) is 13.2 Å². The van der Waals surface area contributed by atoms with E-state index in [4.69, 9.17) is 0 Å². The van der Waals surface area contributed by atoms with Crippen molar-refractivity contribution in [2.45, 2.75) is 6.18 Å². The van der Waals surface area contributed by atoms with E-state index in [2.05, 4.69) is 9.97 Å². The van der Waals surface area contributed by atoms with Gasteiger partial charge in [-0.1, -0.05) is 30.3 Å². The van der Waals surface area contributed by atoms with Gasteiger partial charge in [0.05, 0.1) is 11.0 Å². The second kappa shape index (κ2) is 4.12. The Morgan fingerprint density at radius 1 is 1.00 bits per heavy atom. The Hall–Kier alpha value is -2.30. The van der Waals surface area contributed by atoms with Gasteiger partial charge in [0.25, 0.3) is 0 Å². The highest BCUT2D eigenvalue weighted by Gasteiger charge is 2.33. The first kappa shape index (κ1) is 11.8. The second-order valence-corrected chi connectivity index (χ2v) is 4.16. The SMILES string of the molecule is FC(F)(F)c1cc(-c2ccccc2)c2[nH]ccc2n1. The first-order valence-corrected chi connectivity index (χ1v) is 5.66. The lowest BCUT2D eigenvalue weighted by atomic mass is 10.0. The van der Waals surface area contributed by atoms with Crippen LogP contribution in [0.5, 0.6) is 0 Å². The van der Waals surface area contributed by atoms with E-state index in [1.54, 1.807) is 30.5 Å². The molecule has 2 heterocycles. The summed E-state index contributed by atoms with van der Waals surface area (Å²) >= 11 is 0. The van der Waals surface area contributed by atoms with Crippen LogP contribution in [0.1, 0.15) is 5.69 Å². The summed E-state index contributed by atoms with van der Waals surface area (Å²) in [5.41, 5.74) is 1.28. The zero-order valence-corrected chi connectivity index (χ0v) is 9.70. The number of aromatic nitrogens is 2. The molecule has 0 saturated carbocycles. The van der Waals surface area contributed by atoms with Gasteiger partial charge in [0.15, 0.2) is 0 Å². The van der Waals surface area contributed by atoms with Gasteiger partial charge in [-0.15, -0.1) is 0 Å². The fourth-order valence-corrected chi connectivity index (χ4v) is 2.03. The van der Waals surface area contributed by atoms with E-state index < -0.39 is 11.9 Å². The molecule has 3 rings (SSSR count). The van der Waals surface area contributed by atoms with Crippen LogP contribution in [0.2, 0.25) is 0 Å². The largest absolute Gasteiger partial charge is 0.433 e. The highest BCUT2D eigenvalue weighted by atomic mass is 19.4. The normalized spacial score (nSPS) is 11.9. The maximum absolute atomic E-state index is 12.8. The Balaban J connectivity index is 2.31. The first-order valence-electron chi connectivity index (χ1n) is 5.66. The van der Waals surface area contributed by atoms with Crippen LogP contribution in [-0.2, 0) is 6.18 Å². The lowest BCUT2D eigenvalue weighted by molar-refractivity contribution is -0.140. The molecule has 0 unspecified atom stereocenters. The van der Waals surface area contributed by atoms with E-state index in [0.29, 0.717) is 16.6 Å². The maximum Gasteiger partial charge on any atom is 0.433 e. The van der Waals surface area contributed by atoms with Gasteiger partial charge in [0, 0.05) is 11.8 Å². The van der Waals surface area contributed by atoms with E-state index in [1.807, 2.05) is 6.07 Å². The molecular weight excluding hydrogens is 253 g/mol. The number of H-pyrrole nitrogens is 1. The minimum atomic E-state index is -4.45. The minimum Gasteiger partial charge on any atom is -0.359 e. The number of alkyl halides is 3. The smallest absolute Gasteiger partial charge is 0.359 e. The number of nitrogens with zero attached hydrogens (tertiary/aromatic N) is 1. The Bertz CT molecular complexity index is 714. The summed E-state index contributed by atoms with van der Waals surface area (Å²) in [6.07, 6.45) is -2.86. The molecule has 0 saturated heterocycles. The average Bonchev–Trinajstić information content (AvgIpc) is 2.85. The summed E-state index contributed by atoms with van der Waals surface area (Å²) in [5, 5.41) is 0. The van der Waals surface area contributed by atoms with Gasteiger partial charge >= 0.3 is 6.18 Å². The van der Waals surface area contributed by atoms with Gasteiger partial charge < -0.3 is 4.98 Å². The molecular formula is C14H9F3N2. The predicted molar refractivity (Wildman–Crippen MR) is 66.5 cm³/mol. The number of aromatic amines is 1. The molecule has 0 radical (unpaired) electrons. The molecule has 0 fully saturated rings. The van der Waals surface area contributed by atoms with Gasteiger partial charge in [0.1, 0.15) is 5.69 Å². The number of halogens is 3. The standard InChI is InChI=1S/C14H9F3N2/c15-14(16,17)12-8-10(9-4-2-1-3-5-9)13-11(19-12)6-7-18-13/h1-8,18H. The molecule has 0 aliphatic rings. The van der Waals surface area contributed by atoms with Crippen molar-refractivity contribution in [1.29, 1.82) is 0 Å². The third kappa shape index (κ3) is 2.07. The molecule has 0 spiro atoms. The van der Waals surface area contributed by atoms with Crippen LogP contribution in [0, 0.1) is 0 Å². The third-order valence-corrected chi connectivity index (χ3v) is 2.89. The summed E-state index contributed by atoms with van der Waals surface area (Å²) < 4.78 is 38.5. The van der Waals surface area contributed by atoms with Crippen molar-refractivity contribution in [2.24, 2.45) is 0 Å². The summed E-state index contributed by atoms with van der Waals surface area (Å²) in [6, 6.07) is 11.6. The highest BCUT2D eigenvalue weighted by molar-refractivity contribution is 5.92. The average molecular weight is 262 g/mol. The minimum absolute atomic E-state index is 0.314. The Morgan fingerprint density at radius 2 is 1.74 bits per heavy atom. The molecule has 2 aromatic heterocycles. The van der Waals surface area contributed by atoms with Crippen LogP contribution in [0.25, 0.3) is 22.2 Å². The first-order chi connectivity index (χ1) is 9.05. The van der Waals surface area contributed by atoms with Crippen molar-refractivity contribution < 1.29 is 13.2 Å². The van der Waals surface area contributed by atoms with Crippen molar-refractivity contribution in [3.63, 3.8) is 0 Å². The van der Waals surface area contributed by atoms with Crippen molar-refractivity contribution in [3.05, 3.63) is 54.4 Å². The molecule has 0 atom stereocenters. The summed E-state index contributed by atoms with van der Waals surface area (Å²) in [4.78, 5) is 6.57. The molecule has 96 valence electrons. The van der Waals surface area contributed by atoms with Crippen LogP contribution in [0.4, 0.5) is 13.2 Å². The lowest BCUT2D eigenvalue weighted by Crippen LogP contribution is -2.08. The predicted octanol–water partition coefficient (Wildman–Crippen LogP) is 4.25. The highest BCUT2D eigenvalue weighted by Crippen LogP contribution is 2.34. The van der Waals surface area contributed by atoms with Crippen LogP contribution < -0.4 is 0 Å². The van der Waals surface area contributed by atoms with Crippen molar-refractivity contribution in [2.75, 3.05) is 0 Å². The van der Waals surface area contributed by atoms with Crippen molar-refractivity contribution in [3.8, 4) is 11.1 Å². The second-order valence-electron chi connectivity index (χ2n) is 4.16. The number of pyridine rings is 1. The Kier molecular flexibility index (Phi) is 2.55. The lowest BCUT2D eigenvalue weighted by Gasteiger charge is -2.09. The summed E-state index contributed by atoms with van der Waals surface area (Å²) in [6.45, 7) is 0. The number of benzene rings is 1. The molecule has 5 heteroatoms. The molecule has 3 aromatic rings. The van der Waals surface area contributed by atoms with Crippen LogP contribution in [0.3, 0.4) is 0 Å². The Morgan fingerprint density at radius 3 is 2.42 bits per heavy atom. The zero-order valence-electron chi connectivity index (χ0n) is 9.70. The molecule has 2 nitrogen and oxygen atoms in total. The molecule has 0 aliphatic heterocycles. The monoisotopic (exact) mass is 262 g/mol. The summed E-state index contributed by atoms with van der Waals surface area (Å²) in [7, 11) is 0. The number of fused-ring (bicyclic) bond motifs is 1. The van der Waals surface area contributed by atoms with E-state index in [0.717, 1.165) is 11.6 Å². The van der Waals surface area contributed by atoms with Crippen LogP contribution >= 0.6 is 0 Å². The Labute approximate surface area is 106 Å². The fourth-order valence-electron chi connectivity index (χ4n) is 2.03. The van der Waals surface area contributed by atoms with Gasteiger partial charge in [-0.3, -0.25) is 0 Å². The molecule has 1 aromatic carbocycles. The van der Waals surface area contributed by atoms with Crippen LogP contribution in [-0.4, -0.2) is 9.97 Å². The molecule has 0 bridgehead atoms. The van der Waals surface area contributed by atoms with Crippen molar-refractivity contribution in [1.82, 2.24) is 9.97 Å². The summed E-state index contributed by atoms with van der Waals surface area (Å²) in [5.74, 6) is 0. The number of hydrogen-bond donors (Lipinski definition) is 1.